The van der Waals surface area contributed by atoms with Crippen LogP contribution >= 0.6 is 0 Å². The summed E-state index contributed by atoms with van der Waals surface area (Å²) in [6.07, 6.45) is 0. The van der Waals surface area contributed by atoms with Crippen LogP contribution in [0.25, 0.3) is 0 Å². The zero-order chi connectivity index (χ0) is 16.8. The number of carbonyl (C=O) groups excluding carboxylic acids is 2. The van der Waals surface area contributed by atoms with E-state index < -0.39 is 5.97 Å². The molecule has 3 aromatic carbocycles. The summed E-state index contributed by atoms with van der Waals surface area (Å²) in [6, 6.07) is 24.4. The van der Waals surface area contributed by atoms with Crippen LogP contribution in [0.1, 0.15) is 20.7 Å². The molecule has 3 aromatic rings. The molecule has 0 heterocycles. The van der Waals surface area contributed by atoms with Crippen molar-refractivity contribution in [1.82, 2.24) is 0 Å². The van der Waals surface area contributed by atoms with E-state index >= 15 is 0 Å². The minimum absolute atomic E-state index is 0.232. The molecule has 0 unspecified atom stereocenters. The number of ether oxygens (including phenoxy) is 1. The lowest BCUT2D eigenvalue weighted by Crippen LogP contribution is -2.13. The van der Waals surface area contributed by atoms with Crippen LogP contribution < -0.4 is 10.1 Å². The molecule has 0 atom stereocenters. The van der Waals surface area contributed by atoms with Crippen molar-refractivity contribution in [2.24, 2.45) is 0 Å². The van der Waals surface area contributed by atoms with Gasteiger partial charge in [-0.15, -0.1) is 0 Å². The van der Waals surface area contributed by atoms with Crippen LogP contribution in [0.15, 0.2) is 84.9 Å². The largest absolute Gasteiger partial charge is 0.423 e. The maximum atomic E-state index is 12.2. The summed E-state index contributed by atoms with van der Waals surface area (Å²) in [4.78, 5) is 24.3. The van der Waals surface area contributed by atoms with Crippen LogP contribution in [-0.4, -0.2) is 11.9 Å². The number of benzene rings is 3. The van der Waals surface area contributed by atoms with E-state index in [-0.39, 0.29) is 5.91 Å². The number of hydrogen-bond donors (Lipinski definition) is 1. The first-order chi connectivity index (χ1) is 11.7. The number of hydrogen-bond acceptors (Lipinski definition) is 3. The van der Waals surface area contributed by atoms with Crippen molar-refractivity contribution in [3.8, 4) is 5.75 Å². The Balaban J connectivity index is 1.72. The molecule has 0 aliphatic rings. The number of para-hydroxylation sites is 1. The lowest BCUT2D eigenvalue weighted by Gasteiger charge is -2.08. The average Bonchev–Trinajstić information content (AvgIpc) is 2.63. The van der Waals surface area contributed by atoms with Crippen LogP contribution in [0.2, 0.25) is 0 Å². The van der Waals surface area contributed by atoms with E-state index in [0.717, 1.165) is 0 Å². The van der Waals surface area contributed by atoms with E-state index in [4.69, 9.17) is 4.74 Å². The Morgan fingerprint density at radius 2 is 1.33 bits per heavy atom. The lowest BCUT2D eigenvalue weighted by molar-refractivity contribution is 0.0734. The highest BCUT2D eigenvalue weighted by Gasteiger charge is 2.11. The van der Waals surface area contributed by atoms with E-state index in [0.29, 0.717) is 22.6 Å². The van der Waals surface area contributed by atoms with Gasteiger partial charge in [0.1, 0.15) is 5.75 Å². The van der Waals surface area contributed by atoms with Crippen LogP contribution in [-0.2, 0) is 0 Å². The molecule has 3 rings (SSSR count). The maximum absolute atomic E-state index is 12.2. The topological polar surface area (TPSA) is 55.4 Å². The third kappa shape index (κ3) is 3.87. The van der Waals surface area contributed by atoms with Crippen molar-refractivity contribution < 1.29 is 14.3 Å². The van der Waals surface area contributed by atoms with Crippen molar-refractivity contribution in [3.63, 3.8) is 0 Å². The minimum Gasteiger partial charge on any atom is -0.423 e. The minimum atomic E-state index is -0.475. The summed E-state index contributed by atoms with van der Waals surface area (Å²) in [5, 5.41) is 2.77. The number of esters is 1. The molecule has 1 amide bonds. The summed E-state index contributed by atoms with van der Waals surface area (Å²) >= 11 is 0. The van der Waals surface area contributed by atoms with Gasteiger partial charge in [0.25, 0.3) is 5.91 Å². The van der Waals surface area contributed by atoms with Crippen LogP contribution in [0.4, 0.5) is 5.69 Å². The molecule has 4 heteroatoms. The number of rotatable bonds is 4. The number of nitrogens with one attached hydrogen (secondary N) is 1. The molecular weight excluding hydrogens is 302 g/mol. The van der Waals surface area contributed by atoms with E-state index in [2.05, 4.69) is 5.32 Å². The first-order valence-electron chi connectivity index (χ1n) is 7.46. The summed E-state index contributed by atoms with van der Waals surface area (Å²) in [5.74, 6) is -0.234. The first-order valence-corrected chi connectivity index (χ1v) is 7.46. The van der Waals surface area contributed by atoms with Gasteiger partial charge >= 0.3 is 5.97 Å². The maximum Gasteiger partial charge on any atom is 0.343 e. The van der Waals surface area contributed by atoms with Gasteiger partial charge in [-0.05, 0) is 42.5 Å². The molecule has 0 bridgehead atoms. The zero-order valence-corrected chi connectivity index (χ0v) is 12.8. The van der Waals surface area contributed by atoms with Gasteiger partial charge < -0.3 is 10.1 Å². The molecule has 0 aliphatic heterocycles. The smallest absolute Gasteiger partial charge is 0.343 e. The number of amides is 1. The molecule has 24 heavy (non-hydrogen) atoms. The first kappa shape index (κ1) is 15.5. The van der Waals surface area contributed by atoms with Crippen molar-refractivity contribution >= 4 is 17.6 Å². The molecule has 0 saturated heterocycles. The van der Waals surface area contributed by atoms with Gasteiger partial charge in [-0.25, -0.2) is 4.79 Å². The molecule has 0 aliphatic carbocycles. The molecule has 118 valence electrons. The molecule has 1 N–H and O–H groups in total. The third-order valence-electron chi connectivity index (χ3n) is 3.35. The summed E-state index contributed by atoms with van der Waals surface area (Å²) in [6.45, 7) is 0. The highest BCUT2D eigenvalue weighted by Crippen LogP contribution is 2.16. The van der Waals surface area contributed by atoms with Crippen LogP contribution in [0, 0.1) is 0 Å². The molecule has 0 saturated carbocycles. The highest BCUT2D eigenvalue weighted by molar-refractivity contribution is 6.04. The fourth-order valence-electron chi connectivity index (χ4n) is 2.17. The third-order valence-corrected chi connectivity index (χ3v) is 3.35. The second-order valence-electron chi connectivity index (χ2n) is 5.10. The van der Waals surface area contributed by atoms with Gasteiger partial charge in [0.05, 0.1) is 5.56 Å². The average molecular weight is 317 g/mol. The van der Waals surface area contributed by atoms with Crippen LogP contribution in [0.3, 0.4) is 0 Å². The SMILES string of the molecule is O=C(Nc1cccc(C(=O)Oc2ccccc2)c1)c1ccccc1. The van der Waals surface area contributed by atoms with Gasteiger partial charge in [-0.1, -0.05) is 42.5 Å². The zero-order valence-electron chi connectivity index (χ0n) is 12.8. The molecule has 0 aromatic heterocycles. The second kappa shape index (κ2) is 7.24. The van der Waals surface area contributed by atoms with Gasteiger partial charge in [0.15, 0.2) is 0 Å². The van der Waals surface area contributed by atoms with Crippen LogP contribution in [0.5, 0.6) is 5.75 Å². The Kier molecular flexibility index (Phi) is 4.68. The number of anilines is 1. The van der Waals surface area contributed by atoms with E-state index in [1.54, 1.807) is 72.8 Å². The fraction of sp³-hybridized carbons (Fsp3) is 0. The summed E-state index contributed by atoms with van der Waals surface area (Å²) < 4.78 is 5.29. The van der Waals surface area contributed by atoms with Crippen molar-refractivity contribution in [2.45, 2.75) is 0 Å². The Morgan fingerprint density at radius 3 is 2.04 bits per heavy atom. The van der Waals surface area contributed by atoms with Gasteiger partial charge in [0, 0.05) is 11.3 Å². The van der Waals surface area contributed by atoms with Crippen molar-refractivity contribution in [3.05, 3.63) is 96.1 Å². The molecule has 0 spiro atoms. The van der Waals surface area contributed by atoms with Crippen molar-refractivity contribution in [2.75, 3.05) is 5.32 Å². The monoisotopic (exact) mass is 317 g/mol. The van der Waals surface area contributed by atoms with Crippen molar-refractivity contribution in [1.29, 1.82) is 0 Å². The normalized spacial score (nSPS) is 10.0. The highest BCUT2D eigenvalue weighted by atomic mass is 16.5. The van der Waals surface area contributed by atoms with E-state index in [9.17, 15) is 9.59 Å². The lowest BCUT2D eigenvalue weighted by atomic mass is 10.1. The summed E-state index contributed by atoms with van der Waals surface area (Å²) in [7, 11) is 0. The Hall–Kier alpha value is -3.40. The van der Waals surface area contributed by atoms with E-state index in [1.165, 1.54) is 0 Å². The Labute approximate surface area is 139 Å². The Bertz CT molecular complexity index is 845. The van der Waals surface area contributed by atoms with Gasteiger partial charge in [-0.2, -0.15) is 0 Å². The fourth-order valence-corrected chi connectivity index (χ4v) is 2.17. The molecule has 0 radical (unpaired) electrons. The van der Waals surface area contributed by atoms with Gasteiger partial charge in [-0.3, -0.25) is 4.79 Å². The Morgan fingerprint density at radius 1 is 0.708 bits per heavy atom. The number of carbonyl (C=O) groups is 2. The standard InChI is InChI=1S/C20H15NO3/c22-19(15-8-3-1-4-9-15)21-17-11-7-10-16(14-17)20(23)24-18-12-5-2-6-13-18/h1-14H,(H,21,22). The molecular formula is C20H15NO3. The quantitative estimate of drug-likeness (QED) is 0.581. The molecule has 0 fully saturated rings. The summed E-state index contributed by atoms with van der Waals surface area (Å²) in [5.41, 5.74) is 1.45. The second-order valence-corrected chi connectivity index (χ2v) is 5.10. The molecule has 4 nitrogen and oxygen atoms in total. The predicted molar refractivity (Wildman–Crippen MR) is 92.2 cm³/mol. The van der Waals surface area contributed by atoms with Gasteiger partial charge in [0.2, 0.25) is 0 Å². The van der Waals surface area contributed by atoms with E-state index in [1.807, 2.05) is 12.1 Å². The predicted octanol–water partition coefficient (Wildman–Crippen LogP) is 4.16.